The second kappa shape index (κ2) is 9.52. The molecule has 1 amide bonds. The standard InChI is InChI=1S/C26H23F3N4O3/c1-14-13-36-24-20(14)11-19(31-23(24)15-3-5-18(27)6-4-15)7-8-30-25(34)16-9-17-12-33(26(28)29)32-22(17)21(10-16)35-2/h3-6,9-12,14,26H,7-8,13H2,1-2H3,(H,30,34). The Labute approximate surface area is 204 Å². The molecule has 1 N–H and O–H groups in total. The van der Waals surface area contributed by atoms with Crippen molar-refractivity contribution in [2.24, 2.45) is 0 Å². The number of nitrogens with one attached hydrogen (secondary N) is 1. The summed E-state index contributed by atoms with van der Waals surface area (Å²) in [5.74, 6) is 0.405. The lowest BCUT2D eigenvalue weighted by Crippen LogP contribution is -2.26. The summed E-state index contributed by atoms with van der Waals surface area (Å²) in [6.45, 7) is 0.0927. The van der Waals surface area contributed by atoms with Crippen molar-refractivity contribution < 1.29 is 27.4 Å². The number of aromatic nitrogens is 3. The normalized spacial score (nSPS) is 14.7. The molecule has 4 aromatic rings. The summed E-state index contributed by atoms with van der Waals surface area (Å²) in [4.78, 5) is 17.6. The highest BCUT2D eigenvalue weighted by Gasteiger charge is 2.26. The number of pyridine rings is 1. The van der Waals surface area contributed by atoms with Crippen LogP contribution in [0.3, 0.4) is 0 Å². The molecule has 7 nitrogen and oxygen atoms in total. The van der Waals surface area contributed by atoms with Gasteiger partial charge in [-0.05, 0) is 42.5 Å². The second-order valence-corrected chi connectivity index (χ2v) is 8.61. The van der Waals surface area contributed by atoms with Crippen molar-refractivity contribution in [1.82, 2.24) is 20.1 Å². The molecular formula is C26H23F3N4O3. The van der Waals surface area contributed by atoms with E-state index in [1.54, 1.807) is 12.1 Å². The fourth-order valence-corrected chi connectivity index (χ4v) is 4.27. The minimum Gasteiger partial charge on any atom is -0.494 e. The Morgan fingerprint density at radius 1 is 1.25 bits per heavy atom. The molecule has 1 atom stereocenters. The average molecular weight is 496 g/mol. The van der Waals surface area contributed by atoms with Crippen LogP contribution in [0.15, 0.2) is 48.7 Å². The van der Waals surface area contributed by atoms with E-state index in [9.17, 15) is 18.0 Å². The summed E-state index contributed by atoms with van der Waals surface area (Å²) < 4.78 is 51.2. The van der Waals surface area contributed by atoms with E-state index in [0.717, 1.165) is 16.8 Å². The van der Waals surface area contributed by atoms with Crippen LogP contribution in [0.5, 0.6) is 11.5 Å². The predicted molar refractivity (Wildman–Crippen MR) is 127 cm³/mol. The van der Waals surface area contributed by atoms with E-state index in [2.05, 4.69) is 17.3 Å². The van der Waals surface area contributed by atoms with Crippen molar-refractivity contribution in [3.8, 4) is 22.8 Å². The van der Waals surface area contributed by atoms with Gasteiger partial charge >= 0.3 is 6.55 Å². The maximum absolute atomic E-state index is 13.4. The van der Waals surface area contributed by atoms with Gasteiger partial charge in [0.1, 0.15) is 28.5 Å². The van der Waals surface area contributed by atoms with Gasteiger partial charge in [-0.25, -0.2) is 14.1 Å². The molecule has 1 aliphatic heterocycles. The number of hydrogen-bond acceptors (Lipinski definition) is 5. The van der Waals surface area contributed by atoms with Gasteiger partial charge in [0.05, 0.1) is 13.7 Å². The molecule has 1 unspecified atom stereocenters. The predicted octanol–water partition coefficient (Wildman–Crippen LogP) is 5.11. The maximum Gasteiger partial charge on any atom is 0.333 e. The molecule has 5 rings (SSSR count). The molecule has 1 aliphatic rings. The largest absolute Gasteiger partial charge is 0.494 e. The molecule has 0 radical (unpaired) electrons. The fraction of sp³-hybridized carbons (Fsp3) is 0.269. The molecule has 0 spiro atoms. The van der Waals surface area contributed by atoms with Crippen molar-refractivity contribution in [2.75, 3.05) is 20.3 Å². The first-order valence-electron chi connectivity index (χ1n) is 11.4. The van der Waals surface area contributed by atoms with Crippen LogP contribution in [0, 0.1) is 5.82 Å². The zero-order valence-corrected chi connectivity index (χ0v) is 19.6. The number of halogens is 3. The molecule has 186 valence electrons. The number of rotatable bonds is 7. The Balaban J connectivity index is 1.35. The van der Waals surface area contributed by atoms with Crippen LogP contribution in [0.1, 0.15) is 41.0 Å². The van der Waals surface area contributed by atoms with Gasteiger partial charge in [-0.15, -0.1) is 0 Å². The van der Waals surface area contributed by atoms with E-state index in [1.807, 2.05) is 6.07 Å². The lowest BCUT2D eigenvalue weighted by Gasteiger charge is -2.12. The van der Waals surface area contributed by atoms with Crippen LogP contribution >= 0.6 is 0 Å². The van der Waals surface area contributed by atoms with Crippen LogP contribution in [-0.2, 0) is 6.42 Å². The Morgan fingerprint density at radius 3 is 2.75 bits per heavy atom. The quantitative estimate of drug-likeness (QED) is 0.385. The van der Waals surface area contributed by atoms with Gasteiger partial charge in [0.25, 0.3) is 5.91 Å². The number of carbonyl (C=O) groups is 1. The first-order valence-corrected chi connectivity index (χ1v) is 11.4. The molecule has 0 saturated heterocycles. The molecule has 2 aromatic carbocycles. The lowest BCUT2D eigenvalue weighted by molar-refractivity contribution is 0.0573. The zero-order chi connectivity index (χ0) is 25.4. The zero-order valence-electron chi connectivity index (χ0n) is 19.6. The number of benzene rings is 2. The van der Waals surface area contributed by atoms with Crippen molar-refractivity contribution in [3.05, 3.63) is 71.3 Å². The highest BCUT2D eigenvalue weighted by Crippen LogP contribution is 2.41. The first kappa shape index (κ1) is 23.7. The molecule has 0 aliphatic carbocycles. The van der Waals surface area contributed by atoms with E-state index in [1.165, 1.54) is 37.6 Å². The Kier molecular flexibility index (Phi) is 6.26. The van der Waals surface area contributed by atoms with Crippen LogP contribution in [0.4, 0.5) is 13.2 Å². The summed E-state index contributed by atoms with van der Waals surface area (Å²) in [6, 6.07) is 11.0. The molecule has 0 bridgehead atoms. The fourth-order valence-electron chi connectivity index (χ4n) is 4.27. The second-order valence-electron chi connectivity index (χ2n) is 8.61. The molecule has 36 heavy (non-hydrogen) atoms. The van der Waals surface area contributed by atoms with Crippen LogP contribution in [-0.4, -0.2) is 40.9 Å². The van der Waals surface area contributed by atoms with Crippen molar-refractivity contribution in [3.63, 3.8) is 0 Å². The van der Waals surface area contributed by atoms with E-state index in [4.69, 9.17) is 14.5 Å². The summed E-state index contributed by atoms with van der Waals surface area (Å²) in [6.07, 6.45) is 1.62. The van der Waals surface area contributed by atoms with Crippen LogP contribution in [0.2, 0.25) is 0 Å². The summed E-state index contributed by atoms with van der Waals surface area (Å²) in [5.41, 5.74) is 3.70. The number of alkyl halides is 2. The van der Waals surface area contributed by atoms with Gasteiger partial charge < -0.3 is 14.8 Å². The van der Waals surface area contributed by atoms with Crippen LogP contribution in [0.25, 0.3) is 22.2 Å². The number of carbonyl (C=O) groups excluding carboxylic acids is 1. The summed E-state index contributed by atoms with van der Waals surface area (Å²) in [7, 11) is 1.39. The van der Waals surface area contributed by atoms with Crippen LogP contribution < -0.4 is 14.8 Å². The van der Waals surface area contributed by atoms with Gasteiger partial charge in [0, 0.05) is 52.9 Å². The highest BCUT2D eigenvalue weighted by atomic mass is 19.3. The number of nitrogens with zero attached hydrogens (tertiary/aromatic N) is 3. The van der Waals surface area contributed by atoms with Gasteiger partial charge in [0.15, 0.2) is 0 Å². The third kappa shape index (κ3) is 4.46. The molecule has 0 fully saturated rings. The van der Waals surface area contributed by atoms with Gasteiger partial charge in [-0.3, -0.25) is 4.79 Å². The third-order valence-electron chi connectivity index (χ3n) is 6.12. The van der Waals surface area contributed by atoms with Crippen molar-refractivity contribution in [1.29, 1.82) is 0 Å². The lowest BCUT2D eigenvalue weighted by atomic mass is 9.99. The number of ether oxygens (including phenoxy) is 2. The molecule has 10 heteroatoms. The van der Waals surface area contributed by atoms with E-state index < -0.39 is 6.55 Å². The van der Waals surface area contributed by atoms with E-state index >= 15 is 0 Å². The van der Waals surface area contributed by atoms with Gasteiger partial charge in [0.2, 0.25) is 0 Å². The molecule has 0 saturated carbocycles. The Morgan fingerprint density at radius 2 is 2.03 bits per heavy atom. The summed E-state index contributed by atoms with van der Waals surface area (Å²) >= 11 is 0. The monoisotopic (exact) mass is 496 g/mol. The topological polar surface area (TPSA) is 78.3 Å². The smallest absolute Gasteiger partial charge is 0.333 e. The Bertz CT molecular complexity index is 1440. The summed E-state index contributed by atoms with van der Waals surface area (Å²) in [5, 5.41) is 7.05. The van der Waals surface area contributed by atoms with Gasteiger partial charge in [-0.1, -0.05) is 6.92 Å². The Hall–Kier alpha value is -4.08. The first-order chi connectivity index (χ1) is 17.3. The molecular weight excluding hydrogens is 473 g/mol. The molecule has 2 aromatic heterocycles. The SMILES string of the molecule is COc1cc(C(=O)NCCc2cc3c(c(-c4ccc(F)cc4)n2)OCC3C)cc2cn(C(F)F)nc12. The minimum atomic E-state index is -2.80. The number of amides is 1. The average Bonchev–Trinajstić information content (AvgIpc) is 3.47. The number of hydrogen-bond donors (Lipinski definition) is 1. The van der Waals surface area contributed by atoms with E-state index in [0.29, 0.717) is 41.1 Å². The molecule has 3 heterocycles. The highest BCUT2D eigenvalue weighted by molar-refractivity contribution is 5.99. The third-order valence-corrected chi connectivity index (χ3v) is 6.12. The maximum atomic E-state index is 13.4. The van der Waals surface area contributed by atoms with Crippen molar-refractivity contribution in [2.45, 2.75) is 25.8 Å². The van der Waals surface area contributed by atoms with Gasteiger partial charge in [-0.2, -0.15) is 13.9 Å². The van der Waals surface area contributed by atoms with Crippen molar-refractivity contribution >= 4 is 16.8 Å². The van der Waals surface area contributed by atoms with E-state index in [-0.39, 0.29) is 34.5 Å². The number of fused-ring (bicyclic) bond motifs is 2. The number of methoxy groups -OCH3 is 1. The minimum absolute atomic E-state index is 0.184.